The zero-order chi connectivity index (χ0) is 33.7. The van der Waals surface area contributed by atoms with Gasteiger partial charge in [-0.1, -0.05) is 35.9 Å². The van der Waals surface area contributed by atoms with E-state index in [2.05, 4.69) is 42.4 Å². The van der Waals surface area contributed by atoms with Gasteiger partial charge in [-0.3, -0.25) is 14.5 Å². The van der Waals surface area contributed by atoms with Crippen molar-refractivity contribution in [2.75, 3.05) is 0 Å². The van der Waals surface area contributed by atoms with Gasteiger partial charge in [0.1, 0.15) is 5.01 Å². The Morgan fingerprint density at radius 3 is 2.38 bits per heavy atom. The molecule has 3 aromatic carbocycles. The van der Waals surface area contributed by atoms with Gasteiger partial charge in [-0.2, -0.15) is 5.10 Å². The van der Waals surface area contributed by atoms with Crippen LogP contribution in [0.3, 0.4) is 0 Å². The van der Waals surface area contributed by atoms with Crippen molar-refractivity contribution in [1.29, 1.82) is 0 Å². The number of pyridine rings is 1. The van der Waals surface area contributed by atoms with Crippen LogP contribution in [0.4, 0.5) is 0 Å². The molecule has 0 aliphatic rings. The van der Waals surface area contributed by atoms with Crippen LogP contribution < -0.4 is 0 Å². The standard InChI is InChI=1S/C38H39ClN4O3S/c1-22-17-30-34(47-35(42-30)25-15-16-40-29(18-25)24-9-10-26-21-41-43(8)31(26)19-24)33(23-11-13-27(39)14-12-23)28(22)20-32(46-38(5,6)7)45-36(44)37(2,3)4/h9-19,21,32H,20H2,1-8H3/t32-/m1/s1. The van der Waals surface area contributed by atoms with Crippen molar-refractivity contribution < 1.29 is 14.3 Å². The zero-order valence-electron chi connectivity index (χ0n) is 28.0. The number of fused-ring (bicyclic) bond motifs is 2. The highest BCUT2D eigenvalue weighted by molar-refractivity contribution is 7.22. The highest BCUT2D eigenvalue weighted by Crippen LogP contribution is 2.42. The second-order valence-electron chi connectivity index (χ2n) is 13.9. The third kappa shape index (κ3) is 7.10. The number of hydrogen-bond donors (Lipinski definition) is 0. The number of rotatable bonds is 7. The second kappa shape index (κ2) is 12.5. The average Bonchev–Trinajstić information content (AvgIpc) is 3.60. The molecule has 6 rings (SSSR count). The molecule has 242 valence electrons. The Labute approximate surface area is 284 Å². The summed E-state index contributed by atoms with van der Waals surface area (Å²) in [5.41, 5.74) is 7.71. The Balaban J connectivity index is 1.47. The number of thiazole rings is 1. The third-order valence-corrected chi connectivity index (χ3v) is 9.29. The topological polar surface area (TPSA) is 79.1 Å². The number of hydrogen-bond acceptors (Lipinski definition) is 7. The molecule has 47 heavy (non-hydrogen) atoms. The number of halogens is 1. The van der Waals surface area contributed by atoms with Crippen LogP contribution in [0.2, 0.25) is 5.02 Å². The lowest BCUT2D eigenvalue weighted by atomic mass is 9.92. The van der Waals surface area contributed by atoms with E-state index < -0.39 is 17.3 Å². The summed E-state index contributed by atoms with van der Waals surface area (Å²) in [6.45, 7) is 13.5. The maximum absolute atomic E-state index is 13.1. The van der Waals surface area contributed by atoms with E-state index in [0.717, 1.165) is 65.2 Å². The van der Waals surface area contributed by atoms with E-state index in [0.29, 0.717) is 11.4 Å². The fourth-order valence-corrected chi connectivity index (χ4v) is 6.79. The lowest BCUT2D eigenvalue weighted by Crippen LogP contribution is -2.36. The molecule has 3 heterocycles. The van der Waals surface area contributed by atoms with Crippen LogP contribution in [-0.4, -0.2) is 37.6 Å². The molecule has 0 N–H and O–H groups in total. The van der Waals surface area contributed by atoms with Gasteiger partial charge in [0.2, 0.25) is 6.29 Å². The SMILES string of the molecule is Cc1cc2nc(-c3ccnc(-c4ccc5cnn(C)c5c4)c3)sc2c(-c2ccc(Cl)cc2)c1C[C@H](OC(=O)C(C)(C)C)OC(C)(C)C. The molecule has 0 bridgehead atoms. The molecule has 7 nitrogen and oxygen atoms in total. The summed E-state index contributed by atoms with van der Waals surface area (Å²) < 4.78 is 15.3. The Morgan fingerprint density at radius 2 is 1.68 bits per heavy atom. The summed E-state index contributed by atoms with van der Waals surface area (Å²) >= 11 is 7.96. The van der Waals surface area contributed by atoms with Crippen LogP contribution >= 0.6 is 22.9 Å². The number of carbonyl (C=O) groups is 1. The lowest BCUT2D eigenvalue weighted by Gasteiger charge is -2.30. The van der Waals surface area contributed by atoms with Crippen molar-refractivity contribution >= 4 is 50.0 Å². The van der Waals surface area contributed by atoms with Crippen LogP contribution in [0.5, 0.6) is 0 Å². The Morgan fingerprint density at radius 1 is 0.957 bits per heavy atom. The molecule has 0 fully saturated rings. The van der Waals surface area contributed by atoms with Crippen molar-refractivity contribution in [1.82, 2.24) is 19.7 Å². The Bertz CT molecular complexity index is 2100. The molecule has 0 aliphatic heterocycles. The molecular formula is C38H39ClN4O3S. The number of nitrogens with zero attached hydrogens (tertiary/aromatic N) is 4. The first-order chi connectivity index (χ1) is 22.2. The molecule has 9 heteroatoms. The average molecular weight is 667 g/mol. The molecule has 0 radical (unpaired) electrons. The van der Waals surface area contributed by atoms with Crippen molar-refractivity contribution in [2.45, 2.75) is 66.8 Å². The van der Waals surface area contributed by atoms with E-state index in [1.54, 1.807) is 11.3 Å². The normalized spacial score (nSPS) is 13.0. The van der Waals surface area contributed by atoms with Gasteiger partial charge < -0.3 is 9.47 Å². The maximum Gasteiger partial charge on any atom is 0.313 e. The molecule has 0 saturated heterocycles. The molecular weight excluding hydrogens is 628 g/mol. The Kier molecular flexibility index (Phi) is 8.72. The maximum atomic E-state index is 13.1. The van der Waals surface area contributed by atoms with E-state index in [1.165, 1.54) is 0 Å². The van der Waals surface area contributed by atoms with Crippen molar-refractivity contribution in [3.05, 3.63) is 89.2 Å². The summed E-state index contributed by atoms with van der Waals surface area (Å²) in [6.07, 6.45) is 3.29. The molecule has 0 saturated carbocycles. The van der Waals surface area contributed by atoms with Crippen molar-refractivity contribution in [3.63, 3.8) is 0 Å². The molecule has 0 amide bonds. The minimum atomic E-state index is -0.782. The summed E-state index contributed by atoms with van der Waals surface area (Å²) in [7, 11) is 1.94. The summed E-state index contributed by atoms with van der Waals surface area (Å²) in [6, 6.07) is 20.3. The molecule has 0 unspecified atom stereocenters. The summed E-state index contributed by atoms with van der Waals surface area (Å²) in [4.78, 5) is 22.9. The number of aryl methyl sites for hydroxylation is 2. The van der Waals surface area contributed by atoms with E-state index in [4.69, 9.17) is 31.0 Å². The van der Waals surface area contributed by atoms with Gasteiger partial charge in [-0.15, -0.1) is 11.3 Å². The number of carbonyl (C=O) groups excluding carboxylic acids is 1. The molecule has 6 aromatic rings. The first kappa shape index (κ1) is 32.8. The molecule has 0 aliphatic carbocycles. The van der Waals surface area contributed by atoms with Crippen LogP contribution in [0.1, 0.15) is 52.7 Å². The fourth-order valence-electron chi connectivity index (χ4n) is 5.53. The van der Waals surface area contributed by atoms with Gasteiger partial charge in [-0.05, 0) is 102 Å². The highest BCUT2D eigenvalue weighted by atomic mass is 35.5. The highest BCUT2D eigenvalue weighted by Gasteiger charge is 2.31. The molecule has 3 aromatic heterocycles. The molecule has 0 spiro atoms. The lowest BCUT2D eigenvalue weighted by molar-refractivity contribution is -0.209. The van der Waals surface area contributed by atoms with Gasteiger partial charge in [0, 0.05) is 46.8 Å². The van der Waals surface area contributed by atoms with E-state index >= 15 is 0 Å². The van der Waals surface area contributed by atoms with Gasteiger partial charge in [0.05, 0.1) is 38.6 Å². The smallest absolute Gasteiger partial charge is 0.313 e. The van der Waals surface area contributed by atoms with Crippen LogP contribution in [0, 0.1) is 12.3 Å². The van der Waals surface area contributed by atoms with E-state index in [9.17, 15) is 4.79 Å². The van der Waals surface area contributed by atoms with Gasteiger partial charge in [0.15, 0.2) is 0 Å². The largest absolute Gasteiger partial charge is 0.435 e. The predicted molar refractivity (Wildman–Crippen MR) is 192 cm³/mol. The monoisotopic (exact) mass is 666 g/mol. The minimum Gasteiger partial charge on any atom is -0.435 e. The van der Waals surface area contributed by atoms with E-state index in [1.807, 2.05) is 96.0 Å². The van der Waals surface area contributed by atoms with Crippen molar-refractivity contribution in [2.24, 2.45) is 12.5 Å². The fraction of sp³-hybridized carbons (Fsp3) is 0.316. The van der Waals surface area contributed by atoms with Crippen LogP contribution in [-0.2, 0) is 27.7 Å². The number of aromatic nitrogens is 4. The van der Waals surface area contributed by atoms with Crippen LogP contribution in [0.25, 0.3) is 54.1 Å². The first-order valence-electron chi connectivity index (χ1n) is 15.6. The minimum absolute atomic E-state index is 0.311. The number of esters is 1. The third-order valence-electron chi connectivity index (χ3n) is 7.90. The summed E-state index contributed by atoms with van der Waals surface area (Å²) in [5.74, 6) is -0.311. The van der Waals surface area contributed by atoms with Crippen LogP contribution in [0.15, 0.2) is 73.1 Å². The van der Waals surface area contributed by atoms with Crippen molar-refractivity contribution in [3.8, 4) is 33.0 Å². The first-order valence-corrected chi connectivity index (χ1v) is 16.8. The quantitative estimate of drug-likeness (QED) is 0.125. The van der Waals surface area contributed by atoms with E-state index in [-0.39, 0.29) is 5.97 Å². The van der Waals surface area contributed by atoms with Gasteiger partial charge >= 0.3 is 5.97 Å². The second-order valence-corrected chi connectivity index (χ2v) is 15.3. The Hall–Kier alpha value is -4.11. The van der Waals surface area contributed by atoms with Gasteiger partial charge in [-0.25, -0.2) is 4.98 Å². The molecule has 1 atom stereocenters. The summed E-state index contributed by atoms with van der Waals surface area (Å²) in [5, 5.41) is 7.01. The number of ether oxygens (including phenoxy) is 2. The zero-order valence-corrected chi connectivity index (χ0v) is 29.6. The number of benzene rings is 3. The van der Waals surface area contributed by atoms with Gasteiger partial charge in [0.25, 0.3) is 0 Å². The predicted octanol–water partition coefficient (Wildman–Crippen LogP) is 9.81.